The molecule has 0 fully saturated rings. The molecule has 0 aromatic heterocycles. The van der Waals surface area contributed by atoms with Gasteiger partial charge in [0.15, 0.2) is 0 Å². The summed E-state index contributed by atoms with van der Waals surface area (Å²) < 4.78 is 0. The zero-order valence-corrected chi connectivity index (χ0v) is 14.4. The quantitative estimate of drug-likeness (QED) is 0.380. The molecule has 0 bridgehead atoms. The molecule has 0 amide bonds. The van der Waals surface area contributed by atoms with E-state index in [0.717, 1.165) is 12.2 Å². The molecule has 0 atom stereocenters. The number of allylic oxidation sites excluding steroid dienone is 6. The molecule has 5 heteroatoms. The fourth-order valence-electron chi connectivity index (χ4n) is 0.490. The summed E-state index contributed by atoms with van der Waals surface area (Å²) in [6.07, 6.45) is 11.5. The van der Waals surface area contributed by atoms with E-state index in [9.17, 15) is 19.8 Å². The summed E-state index contributed by atoms with van der Waals surface area (Å²) >= 11 is 0. The second kappa shape index (κ2) is 17.9. The Hall–Kier alpha value is -0.529. The standard InChI is InChI=1S/2C6H8O2.Ba/c2*1-2-3-4-5-6(7)8;/h2*2-5H,1H3,(H,7,8);/q;;+2/p-2/b2*3-2+,5-4+;. The van der Waals surface area contributed by atoms with Crippen molar-refractivity contribution < 1.29 is 19.8 Å². The summed E-state index contributed by atoms with van der Waals surface area (Å²) in [5.41, 5.74) is 0. The molecular formula is C12H14BaO4. The van der Waals surface area contributed by atoms with Crippen molar-refractivity contribution in [2.24, 2.45) is 0 Å². The maximum atomic E-state index is 9.64. The van der Waals surface area contributed by atoms with Crippen LogP contribution in [0.3, 0.4) is 0 Å². The van der Waals surface area contributed by atoms with Crippen LogP contribution in [-0.4, -0.2) is 60.8 Å². The Bertz CT molecular complexity index is 282. The second-order valence-corrected chi connectivity index (χ2v) is 2.41. The summed E-state index contributed by atoms with van der Waals surface area (Å²) in [6.45, 7) is 3.61. The van der Waals surface area contributed by atoms with Crippen LogP contribution in [0.5, 0.6) is 0 Å². The van der Waals surface area contributed by atoms with Crippen molar-refractivity contribution in [2.75, 3.05) is 0 Å². The molecule has 17 heavy (non-hydrogen) atoms. The molecule has 0 saturated carbocycles. The van der Waals surface area contributed by atoms with Gasteiger partial charge in [0, 0.05) is 0 Å². The predicted octanol–water partition coefficient (Wildman–Crippen LogP) is -0.644. The number of hydrogen-bond acceptors (Lipinski definition) is 4. The van der Waals surface area contributed by atoms with Gasteiger partial charge in [-0.1, -0.05) is 36.5 Å². The first-order chi connectivity index (χ1) is 7.54. The minimum atomic E-state index is -1.16. The first-order valence-corrected chi connectivity index (χ1v) is 4.55. The number of carboxylic acid groups (broad SMARTS) is 2. The fourth-order valence-corrected chi connectivity index (χ4v) is 0.490. The van der Waals surface area contributed by atoms with E-state index in [1.54, 1.807) is 38.2 Å². The summed E-state index contributed by atoms with van der Waals surface area (Å²) in [5, 5.41) is 19.3. The Kier molecular flexibility index (Phi) is 22.8. The first-order valence-electron chi connectivity index (χ1n) is 4.55. The van der Waals surface area contributed by atoms with E-state index in [2.05, 4.69) is 0 Å². The van der Waals surface area contributed by atoms with Crippen molar-refractivity contribution in [3.05, 3.63) is 48.6 Å². The minimum absolute atomic E-state index is 0. The van der Waals surface area contributed by atoms with Gasteiger partial charge in [0.05, 0.1) is 11.9 Å². The van der Waals surface area contributed by atoms with Gasteiger partial charge in [0.1, 0.15) is 0 Å². The molecule has 0 aromatic carbocycles. The smallest absolute Gasteiger partial charge is 0.545 e. The molecule has 0 unspecified atom stereocenters. The van der Waals surface area contributed by atoms with Gasteiger partial charge in [0.25, 0.3) is 0 Å². The Labute approximate surface area is 141 Å². The van der Waals surface area contributed by atoms with Crippen molar-refractivity contribution in [3.63, 3.8) is 0 Å². The maximum absolute atomic E-state index is 9.64. The first kappa shape index (κ1) is 21.7. The van der Waals surface area contributed by atoms with Gasteiger partial charge >= 0.3 is 48.9 Å². The van der Waals surface area contributed by atoms with Gasteiger partial charge in [-0.2, -0.15) is 0 Å². The minimum Gasteiger partial charge on any atom is -0.545 e. The topological polar surface area (TPSA) is 80.3 Å². The van der Waals surface area contributed by atoms with Gasteiger partial charge in [-0.25, -0.2) is 0 Å². The number of carbonyl (C=O) groups is 2. The van der Waals surface area contributed by atoms with Gasteiger partial charge in [-0.3, -0.25) is 0 Å². The van der Waals surface area contributed by atoms with E-state index in [-0.39, 0.29) is 48.9 Å². The maximum Gasteiger partial charge on any atom is 2.00 e. The van der Waals surface area contributed by atoms with E-state index < -0.39 is 11.9 Å². The van der Waals surface area contributed by atoms with Crippen LogP contribution in [0.1, 0.15) is 13.8 Å². The van der Waals surface area contributed by atoms with Crippen molar-refractivity contribution in [3.8, 4) is 0 Å². The van der Waals surface area contributed by atoms with Crippen LogP contribution in [0.25, 0.3) is 0 Å². The van der Waals surface area contributed by atoms with Crippen LogP contribution in [0.4, 0.5) is 0 Å². The molecular weight excluding hydrogens is 345 g/mol. The molecule has 0 aliphatic carbocycles. The molecule has 4 nitrogen and oxygen atoms in total. The van der Waals surface area contributed by atoms with Crippen molar-refractivity contribution in [1.82, 2.24) is 0 Å². The van der Waals surface area contributed by atoms with Crippen molar-refractivity contribution in [1.29, 1.82) is 0 Å². The summed E-state index contributed by atoms with van der Waals surface area (Å²) in [5.74, 6) is -2.33. The summed E-state index contributed by atoms with van der Waals surface area (Å²) in [6, 6.07) is 0. The largest absolute Gasteiger partial charge is 2.00 e. The Morgan fingerprint density at radius 1 is 0.765 bits per heavy atom. The second-order valence-electron chi connectivity index (χ2n) is 2.41. The van der Waals surface area contributed by atoms with Crippen LogP contribution in [0, 0.1) is 0 Å². The number of carboxylic acids is 2. The molecule has 88 valence electrons. The number of hydrogen-bond donors (Lipinski definition) is 0. The van der Waals surface area contributed by atoms with Gasteiger partial charge in [-0.15, -0.1) is 0 Å². The summed E-state index contributed by atoms with van der Waals surface area (Å²) in [4.78, 5) is 19.3. The van der Waals surface area contributed by atoms with Crippen LogP contribution >= 0.6 is 0 Å². The fraction of sp³-hybridized carbons (Fsp3) is 0.167. The monoisotopic (exact) mass is 360 g/mol. The molecule has 0 radical (unpaired) electrons. The number of aliphatic carboxylic acids is 2. The normalized spacial score (nSPS) is 10.5. The van der Waals surface area contributed by atoms with Crippen LogP contribution in [-0.2, 0) is 9.59 Å². The van der Waals surface area contributed by atoms with E-state index in [0.29, 0.717) is 0 Å². The molecule has 0 rings (SSSR count). The molecule has 0 spiro atoms. The Morgan fingerprint density at radius 3 is 1.24 bits per heavy atom. The molecule has 0 aliphatic heterocycles. The molecule has 0 saturated heterocycles. The van der Waals surface area contributed by atoms with E-state index in [1.165, 1.54) is 12.2 Å². The number of rotatable bonds is 4. The van der Waals surface area contributed by atoms with E-state index in [1.807, 2.05) is 0 Å². The Morgan fingerprint density at radius 2 is 1.06 bits per heavy atom. The zero-order valence-electron chi connectivity index (χ0n) is 9.96. The molecule has 0 N–H and O–H groups in total. The molecule has 0 aromatic rings. The van der Waals surface area contributed by atoms with Crippen LogP contribution in [0.2, 0.25) is 0 Å². The third-order valence-electron chi connectivity index (χ3n) is 1.07. The third-order valence-corrected chi connectivity index (χ3v) is 1.07. The average Bonchev–Trinajstić information content (AvgIpc) is 2.18. The van der Waals surface area contributed by atoms with Crippen molar-refractivity contribution >= 4 is 60.8 Å². The number of carbonyl (C=O) groups excluding carboxylic acids is 2. The predicted molar refractivity (Wildman–Crippen MR) is 63.7 cm³/mol. The zero-order chi connectivity index (χ0) is 12.8. The average molecular weight is 360 g/mol. The molecule has 0 heterocycles. The summed E-state index contributed by atoms with van der Waals surface area (Å²) in [7, 11) is 0. The van der Waals surface area contributed by atoms with Gasteiger partial charge in [-0.05, 0) is 26.0 Å². The van der Waals surface area contributed by atoms with Crippen LogP contribution in [0.15, 0.2) is 48.6 Å². The van der Waals surface area contributed by atoms with E-state index >= 15 is 0 Å². The van der Waals surface area contributed by atoms with Gasteiger partial charge < -0.3 is 19.8 Å². The third kappa shape index (κ3) is 31.3. The SMILES string of the molecule is C/C=C/C=C/C(=O)[O-].C/C=C/C=C/C(=O)[O-].[Ba+2]. The van der Waals surface area contributed by atoms with Gasteiger partial charge in [0.2, 0.25) is 0 Å². The molecule has 0 aliphatic rings. The van der Waals surface area contributed by atoms with Crippen LogP contribution < -0.4 is 10.2 Å². The Balaban J connectivity index is -0.000000218. The van der Waals surface area contributed by atoms with E-state index in [4.69, 9.17) is 0 Å². The van der Waals surface area contributed by atoms with Crippen molar-refractivity contribution in [2.45, 2.75) is 13.8 Å².